The Balaban J connectivity index is 1.36. The fourth-order valence-electron chi connectivity index (χ4n) is 9.89. The Morgan fingerprint density at radius 1 is 0.392 bits per heavy atom. The zero-order valence-electron chi connectivity index (χ0n) is 30.0. The first-order chi connectivity index (χ1) is 25.1. The highest BCUT2D eigenvalue weighted by Crippen LogP contribution is 2.55. The van der Waals surface area contributed by atoms with Gasteiger partial charge < -0.3 is 9.80 Å². The highest BCUT2D eigenvalue weighted by Gasteiger charge is 2.37. The zero-order chi connectivity index (χ0) is 34.1. The molecule has 2 heterocycles. The standard InChI is InChI=1S/C49H46N2/c1-49(2)44-21-8-7-18-40(44)48-41(20-14-22-45(48)49)47-39-26-24-34(50-27-9-3-10-28-50)31-42(39)46(37-19-13-16-33-15-5-6-17-36(33)37)38-25-23-35(32-43(38)47)51-29-11-4-12-30-51/h5-8,13-26,31-32H,3-4,9-12,27-30H2,1-2H3. The molecule has 10 rings (SSSR count). The van der Waals surface area contributed by atoms with Gasteiger partial charge in [-0.25, -0.2) is 0 Å². The first-order valence-electron chi connectivity index (χ1n) is 19.3. The minimum atomic E-state index is -0.0587. The van der Waals surface area contributed by atoms with Crippen molar-refractivity contribution in [3.05, 3.63) is 132 Å². The fourth-order valence-corrected chi connectivity index (χ4v) is 9.89. The van der Waals surface area contributed by atoms with Crippen molar-refractivity contribution in [2.75, 3.05) is 36.0 Å². The second-order valence-corrected chi connectivity index (χ2v) is 15.7. The summed E-state index contributed by atoms with van der Waals surface area (Å²) in [5.74, 6) is 0. The van der Waals surface area contributed by atoms with Gasteiger partial charge in [0.1, 0.15) is 0 Å². The lowest BCUT2D eigenvalue weighted by atomic mass is 9.80. The van der Waals surface area contributed by atoms with Gasteiger partial charge in [-0.1, -0.05) is 111 Å². The molecule has 3 aliphatic rings. The maximum absolute atomic E-state index is 2.63. The van der Waals surface area contributed by atoms with Crippen LogP contribution < -0.4 is 9.80 Å². The molecule has 2 aliphatic heterocycles. The maximum Gasteiger partial charge on any atom is 0.0372 e. The molecule has 0 aromatic heterocycles. The Morgan fingerprint density at radius 3 is 1.59 bits per heavy atom. The second-order valence-electron chi connectivity index (χ2n) is 15.7. The molecule has 7 aromatic carbocycles. The summed E-state index contributed by atoms with van der Waals surface area (Å²) in [7, 11) is 0. The van der Waals surface area contributed by atoms with Crippen molar-refractivity contribution < 1.29 is 0 Å². The third kappa shape index (κ3) is 4.83. The van der Waals surface area contributed by atoms with Crippen molar-refractivity contribution in [1.82, 2.24) is 0 Å². The smallest absolute Gasteiger partial charge is 0.0372 e. The fraction of sp³-hybridized carbons (Fsp3) is 0.265. The van der Waals surface area contributed by atoms with Crippen LogP contribution in [0.3, 0.4) is 0 Å². The molecule has 0 N–H and O–H groups in total. The Hall–Kier alpha value is -5.08. The molecule has 2 fully saturated rings. The predicted octanol–water partition coefficient (Wildman–Crippen LogP) is 12.8. The third-order valence-electron chi connectivity index (χ3n) is 12.5. The molecule has 0 spiro atoms. The van der Waals surface area contributed by atoms with Crippen molar-refractivity contribution in [3.63, 3.8) is 0 Å². The van der Waals surface area contributed by atoms with Crippen LogP contribution >= 0.6 is 0 Å². The molecular formula is C49H46N2. The molecule has 7 aromatic rings. The molecule has 252 valence electrons. The molecule has 0 saturated carbocycles. The van der Waals surface area contributed by atoms with E-state index in [0.717, 1.165) is 26.2 Å². The lowest BCUT2D eigenvalue weighted by Gasteiger charge is -2.31. The van der Waals surface area contributed by atoms with Crippen molar-refractivity contribution in [1.29, 1.82) is 0 Å². The van der Waals surface area contributed by atoms with E-state index in [1.807, 2.05) is 0 Å². The number of rotatable bonds is 4. The quantitative estimate of drug-likeness (QED) is 0.173. The molecule has 0 radical (unpaired) electrons. The van der Waals surface area contributed by atoms with Crippen molar-refractivity contribution >= 4 is 43.7 Å². The summed E-state index contributed by atoms with van der Waals surface area (Å²) in [4.78, 5) is 5.25. The van der Waals surface area contributed by atoms with Gasteiger partial charge in [0, 0.05) is 43.0 Å². The molecule has 0 atom stereocenters. The van der Waals surface area contributed by atoms with E-state index in [-0.39, 0.29) is 5.41 Å². The average Bonchev–Trinajstić information content (AvgIpc) is 3.43. The van der Waals surface area contributed by atoms with Gasteiger partial charge in [-0.15, -0.1) is 0 Å². The first kappa shape index (κ1) is 30.7. The summed E-state index contributed by atoms with van der Waals surface area (Å²) < 4.78 is 0. The third-order valence-corrected chi connectivity index (χ3v) is 12.5. The normalized spacial score (nSPS) is 16.9. The van der Waals surface area contributed by atoms with Gasteiger partial charge >= 0.3 is 0 Å². The Morgan fingerprint density at radius 2 is 0.902 bits per heavy atom. The van der Waals surface area contributed by atoms with Gasteiger partial charge in [-0.3, -0.25) is 0 Å². The summed E-state index contributed by atoms with van der Waals surface area (Å²) in [6.07, 6.45) is 7.72. The number of hydrogen-bond acceptors (Lipinski definition) is 2. The maximum atomic E-state index is 2.63. The van der Waals surface area contributed by atoms with Gasteiger partial charge in [0.15, 0.2) is 0 Å². The van der Waals surface area contributed by atoms with Crippen LogP contribution in [0.2, 0.25) is 0 Å². The molecule has 2 saturated heterocycles. The number of hydrogen-bond donors (Lipinski definition) is 0. The monoisotopic (exact) mass is 662 g/mol. The number of fused-ring (bicyclic) bond motifs is 6. The number of nitrogens with zero attached hydrogens (tertiary/aromatic N) is 2. The summed E-state index contributed by atoms with van der Waals surface area (Å²) in [6.45, 7) is 9.33. The molecule has 0 unspecified atom stereocenters. The van der Waals surface area contributed by atoms with E-state index >= 15 is 0 Å². The summed E-state index contributed by atoms with van der Waals surface area (Å²) in [6, 6.07) is 46.9. The number of anilines is 2. The van der Waals surface area contributed by atoms with Gasteiger partial charge in [-0.2, -0.15) is 0 Å². The summed E-state index contributed by atoms with van der Waals surface area (Å²) in [5.41, 5.74) is 13.7. The number of piperidine rings is 2. The Bertz CT molecular complexity index is 2470. The summed E-state index contributed by atoms with van der Waals surface area (Å²) in [5, 5.41) is 8.00. The van der Waals surface area contributed by atoms with Gasteiger partial charge in [0.05, 0.1) is 0 Å². The van der Waals surface area contributed by atoms with E-state index in [9.17, 15) is 0 Å². The van der Waals surface area contributed by atoms with Crippen LogP contribution in [0.15, 0.2) is 121 Å². The lowest BCUT2D eigenvalue weighted by Crippen LogP contribution is -2.29. The molecule has 0 amide bonds. The number of benzene rings is 7. The Kier molecular flexibility index (Phi) is 7.24. The molecule has 2 nitrogen and oxygen atoms in total. The van der Waals surface area contributed by atoms with Crippen LogP contribution in [-0.4, -0.2) is 26.2 Å². The predicted molar refractivity (Wildman–Crippen MR) is 220 cm³/mol. The van der Waals surface area contributed by atoms with Crippen LogP contribution in [0.4, 0.5) is 11.4 Å². The molecule has 0 bridgehead atoms. The van der Waals surface area contributed by atoms with E-state index in [1.165, 1.54) is 127 Å². The van der Waals surface area contributed by atoms with E-state index < -0.39 is 0 Å². The van der Waals surface area contributed by atoms with Gasteiger partial charge in [0.25, 0.3) is 0 Å². The van der Waals surface area contributed by atoms with Crippen LogP contribution in [0.5, 0.6) is 0 Å². The molecule has 1 aliphatic carbocycles. The van der Waals surface area contributed by atoms with Crippen LogP contribution in [0, 0.1) is 0 Å². The topological polar surface area (TPSA) is 6.48 Å². The molecule has 51 heavy (non-hydrogen) atoms. The van der Waals surface area contributed by atoms with Gasteiger partial charge in [0.2, 0.25) is 0 Å². The van der Waals surface area contributed by atoms with E-state index in [0.29, 0.717) is 0 Å². The minimum Gasteiger partial charge on any atom is -0.372 e. The van der Waals surface area contributed by atoms with Crippen molar-refractivity contribution in [3.8, 4) is 33.4 Å². The SMILES string of the molecule is CC1(C)c2ccccc2-c2c(-c3c4cc(N5CCCCC5)ccc4c(-c4cccc5ccccc45)c4cc(N5CCCCC5)ccc34)cccc21. The lowest BCUT2D eigenvalue weighted by molar-refractivity contribution is 0.578. The van der Waals surface area contributed by atoms with Crippen LogP contribution in [0.25, 0.3) is 65.7 Å². The van der Waals surface area contributed by atoms with E-state index in [1.54, 1.807) is 0 Å². The average molecular weight is 663 g/mol. The highest BCUT2D eigenvalue weighted by molar-refractivity contribution is 6.25. The molecular weight excluding hydrogens is 617 g/mol. The minimum absolute atomic E-state index is 0.0587. The van der Waals surface area contributed by atoms with Gasteiger partial charge in [-0.05, 0) is 140 Å². The Labute approximate surface area is 302 Å². The van der Waals surface area contributed by atoms with E-state index in [2.05, 4.69) is 145 Å². The van der Waals surface area contributed by atoms with Crippen molar-refractivity contribution in [2.45, 2.75) is 57.8 Å². The van der Waals surface area contributed by atoms with Crippen molar-refractivity contribution in [2.24, 2.45) is 0 Å². The largest absolute Gasteiger partial charge is 0.372 e. The first-order valence-corrected chi connectivity index (χ1v) is 19.3. The summed E-state index contributed by atoms with van der Waals surface area (Å²) >= 11 is 0. The zero-order valence-corrected chi connectivity index (χ0v) is 30.0. The molecule has 2 heteroatoms. The van der Waals surface area contributed by atoms with E-state index in [4.69, 9.17) is 0 Å². The second kappa shape index (κ2) is 12.0. The van der Waals surface area contributed by atoms with Crippen LogP contribution in [0.1, 0.15) is 63.5 Å². The highest BCUT2D eigenvalue weighted by atomic mass is 15.1. The van der Waals surface area contributed by atoms with Crippen LogP contribution in [-0.2, 0) is 5.41 Å².